The number of aliphatic hydroxyl groups is 2. The minimum atomic E-state index is -7.17. The fraction of sp³-hybridized carbons (Fsp3) is 0.545. The molecule has 4 N–H and O–H groups in total. The summed E-state index contributed by atoms with van der Waals surface area (Å²) in [5, 5.41) is 14.2. The van der Waals surface area contributed by atoms with E-state index >= 15 is 0 Å². The van der Waals surface area contributed by atoms with E-state index in [1.54, 1.807) is 0 Å². The number of nitrogens with zero attached hydrogens (tertiary/aromatic N) is 4. The number of imidazole rings is 1. The molecule has 0 aromatic carbocycles. The third-order valence-corrected chi connectivity index (χ3v) is 9.17. The number of nitrogens with two attached hydrogens (primary N) is 1. The molecule has 33 heavy (non-hydrogen) atoms. The Morgan fingerprint density at radius 2 is 1.79 bits per heavy atom. The van der Waals surface area contributed by atoms with Gasteiger partial charge in [-0.3, -0.25) is 13.4 Å². The predicted molar refractivity (Wildman–Crippen MR) is 90.5 cm³/mol. The highest BCUT2D eigenvalue weighted by Crippen LogP contribution is 2.72. The van der Waals surface area contributed by atoms with Crippen molar-refractivity contribution in [2.45, 2.75) is 29.9 Å². The van der Waals surface area contributed by atoms with E-state index < -0.39 is 59.6 Å². The van der Waals surface area contributed by atoms with Crippen LogP contribution in [-0.2, 0) is 27.3 Å². The Morgan fingerprint density at radius 3 is 2.39 bits per heavy atom. The van der Waals surface area contributed by atoms with Crippen LogP contribution in [0.3, 0.4) is 0 Å². The molecular weight excluding hydrogens is 525 g/mol. The van der Waals surface area contributed by atoms with Gasteiger partial charge in [-0.1, -0.05) is 0 Å². The van der Waals surface area contributed by atoms with Crippen LogP contribution in [0.4, 0.5) is 14.6 Å². The summed E-state index contributed by atoms with van der Waals surface area (Å²) in [6.07, 6.45) is -4.61. The van der Waals surface area contributed by atoms with E-state index in [1.807, 2.05) is 0 Å². The number of halogens is 2. The van der Waals surface area contributed by atoms with Crippen LogP contribution in [0.5, 0.6) is 0 Å². The monoisotopic (exact) mass is 537 g/mol. The van der Waals surface area contributed by atoms with Crippen molar-refractivity contribution in [2.24, 2.45) is 0 Å². The van der Waals surface area contributed by atoms with Gasteiger partial charge >= 0.3 is 5.40 Å². The average Bonchev–Trinajstić information content (AvgIpc) is 3.21. The molecule has 6 atom stereocenters. The van der Waals surface area contributed by atoms with Gasteiger partial charge in [-0.05, 0) is 0 Å². The topological polar surface area (TPSA) is 281 Å². The highest BCUT2D eigenvalue weighted by Gasteiger charge is 2.49. The van der Waals surface area contributed by atoms with Gasteiger partial charge in [0.25, 0.3) is 7.82 Å². The Balaban J connectivity index is 1.72. The molecule has 0 bridgehead atoms. The van der Waals surface area contributed by atoms with E-state index in [9.17, 15) is 52.3 Å². The number of anilines is 1. The molecule has 1 fully saturated rings. The number of ether oxygens (including phenoxy) is 1. The molecule has 186 valence electrons. The smallest absolute Gasteiger partial charge is 0.332 e. The molecule has 0 aliphatic carbocycles. The maximum absolute atomic E-state index is 13.2. The Kier molecular flexibility index (Phi) is 6.85. The first-order chi connectivity index (χ1) is 15.0. The number of nitrogen functional groups attached to an aromatic ring is 1. The van der Waals surface area contributed by atoms with Crippen molar-refractivity contribution in [3.63, 3.8) is 0 Å². The third-order valence-electron chi connectivity index (χ3n) is 4.26. The van der Waals surface area contributed by atoms with Crippen LogP contribution in [0.1, 0.15) is 6.23 Å². The van der Waals surface area contributed by atoms with Crippen LogP contribution in [0.25, 0.3) is 11.2 Å². The lowest BCUT2D eigenvalue weighted by molar-refractivity contribution is -0.331. The van der Waals surface area contributed by atoms with Crippen molar-refractivity contribution in [3.05, 3.63) is 12.7 Å². The summed E-state index contributed by atoms with van der Waals surface area (Å²) in [4.78, 5) is 55.2. The number of rotatable bonds is 8. The number of hydrogen-bond donors (Lipinski definition) is 3. The summed E-state index contributed by atoms with van der Waals surface area (Å²) in [6.45, 7) is -1.28. The average molecular weight is 537 g/mol. The number of phosphoric ester groups is 1. The Hall–Kier alpha value is -1.46. The van der Waals surface area contributed by atoms with Crippen LogP contribution in [0, 0.1) is 0 Å². The maximum Gasteiger partial charge on any atom is 0.332 e. The highest BCUT2D eigenvalue weighted by atomic mass is 31.3. The second kappa shape index (κ2) is 8.64. The molecule has 0 saturated carbocycles. The van der Waals surface area contributed by atoms with Gasteiger partial charge in [0.1, 0.15) is 30.2 Å². The fourth-order valence-corrected chi connectivity index (χ4v) is 6.16. The van der Waals surface area contributed by atoms with Crippen LogP contribution in [0.2, 0.25) is 0 Å². The lowest BCUT2D eigenvalue weighted by Gasteiger charge is -2.45. The largest absolute Gasteiger partial charge is 0.806 e. The molecule has 1 saturated heterocycles. The maximum atomic E-state index is 13.2. The molecule has 3 heterocycles. The van der Waals surface area contributed by atoms with Crippen molar-refractivity contribution in [3.8, 4) is 0 Å². The zero-order valence-electron chi connectivity index (χ0n) is 15.6. The number of aliphatic hydroxyl groups excluding tert-OH is 2. The van der Waals surface area contributed by atoms with Crippen LogP contribution in [-0.4, -0.2) is 60.1 Å². The molecule has 3 rings (SSSR count). The molecule has 0 amide bonds. The van der Waals surface area contributed by atoms with Crippen molar-refractivity contribution in [1.82, 2.24) is 19.5 Å². The number of aromatic nitrogens is 4. The van der Waals surface area contributed by atoms with Gasteiger partial charge in [0.05, 0.1) is 12.9 Å². The lowest BCUT2D eigenvalue weighted by atomic mass is 10.1. The van der Waals surface area contributed by atoms with E-state index in [2.05, 4.69) is 23.8 Å². The molecule has 0 spiro atoms. The van der Waals surface area contributed by atoms with Crippen LogP contribution < -0.4 is 25.3 Å². The molecule has 1 aliphatic heterocycles. The summed E-state index contributed by atoms with van der Waals surface area (Å²) < 4.78 is 73.3. The summed E-state index contributed by atoms with van der Waals surface area (Å²) in [7, 11) is -20.6. The standard InChI is InChI=1S/C11H16F2N5O12P3/c12-11(13,31(21,22)23)32(24,25)30-33(26,27)28-1-4-6(19)7(20)10(29-4)18-3-17-5-8(14)15-2-16-9(5)18/h2-4,6-7,10,19-20H,1H2,(H,24,25)(H,26,27)(H2,14,15,16)(H2,21,22,23)/p-4/t4-,6-,7-,10-/m1/s1. The van der Waals surface area contributed by atoms with E-state index in [0.717, 1.165) is 17.2 Å². The minimum absolute atomic E-state index is 0.0318. The summed E-state index contributed by atoms with van der Waals surface area (Å²) in [5.41, 5.74) is 5.77. The van der Waals surface area contributed by atoms with E-state index in [1.165, 1.54) is 0 Å². The summed E-state index contributed by atoms with van der Waals surface area (Å²) in [6, 6.07) is 0. The minimum Gasteiger partial charge on any atom is -0.806 e. The third kappa shape index (κ3) is 4.86. The van der Waals surface area contributed by atoms with Gasteiger partial charge in [-0.15, -0.1) is 0 Å². The normalized spacial score (nSPS) is 28.0. The second-order valence-corrected chi connectivity index (χ2v) is 11.7. The highest BCUT2D eigenvalue weighted by molar-refractivity contribution is 7.73. The quantitative estimate of drug-likeness (QED) is 0.276. The van der Waals surface area contributed by atoms with E-state index in [4.69, 9.17) is 10.5 Å². The van der Waals surface area contributed by atoms with E-state index in [-0.39, 0.29) is 17.0 Å². The van der Waals surface area contributed by atoms with Crippen molar-refractivity contribution < 1.29 is 65.8 Å². The Bertz CT molecular complexity index is 1190. The molecule has 2 unspecified atom stereocenters. The first-order valence-corrected chi connectivity index (χ1v) is 12.9. The number of phosphoric acid groups is 1. The zero-order chi connectivity index (χ0) is 25.0. The van der Waals surface area contributed by atoms with Crippen molar-refractivity contribution in [1.29, 1.82) is 0 Å². The first kappa shape index (κ1) is 26.2. The molecule has 2 aromatic rings. The van der Waals surface area contributed by atoms with Gasteiger partial charge < -0.3 is 53.9 Å². The van der Waals surface area contributed by atoms with Crippen LogP contribution in [0.15, 0.2) is 12.7 Å². The number of fused-ring (bicyclic) bond motifs is 1. The van der Waals surface area contributed by atoms with Gasteiger partial charge in [-0.25, -0.2) is 15.0 Å². The molecule has 0 radical (unpaired) electrons. The molecule has 2 aromatic heterocycles. The molecule has 22 heteroatoms. The SMILES string of the molecule is Nc1ncnc2c1ncn2[C@@H]1O[C@H](COP(=O)([O-])OP(=O)([O-])C(F)(F)P(=O)([O-])[O-])[C@@H](O)[C@H]1O. The van der Waals surface area contributed by atoms with E-state index in [0.29, 0.717) is 0 Å². The fourth-order valence-electron chi connectivity index (χ4n) is 2.67. The number of hydrogen-bond acceptors (Lipinski definition) is 16. The van der Waals surface area contributed by atoms with Crippen LogP contribution >= 0.6 is 23.0 Å². The summed E-state index contributed by atoms with van der Waals surface area (Å²) in [5.74, 6) is -0.0318. The lowest BCUT2D eigenvalue weighted by Crippen LogP contribution is -2.36. The van der Waals surface area contributed by atoms with Gasteiger partial charge in [0.15, 0.2) is 17.7 Å². The number of alkyl halides is 2. The first-order valence-electron chi connectivity index (χ1n) is 8.31. The zero-order valence-corrected chi connectivity index (χ0v) is 18.3. The molecular formula is C11H12F2N5O12P3-4. The Morgan fingerprint density at radius 1 is 1.15 bits per heavy atom. The van der Waals surface area contributed by atoms with Gasteiger partial charge in [-0.2, -0.15) is 8.78 Å². The van der Waals surface area contributed by atoms with Gasteiger partial charge in [0.2, 0.25) is 7.60 Å². The molecule has 1 aliphatic rings. The second-order valence-electron chi connectivity index (χ2n) is 6.46. The summed E-state index contributed by atoms with van der Waals surface area (Å²) >= 11 is 0. The van der Waals surface area contributed by atoms with Crippen molar-refractivity contribution >= 4 is 40.0 Å². The van der Waals surface area contributed by atoms with Crippen molar-refractivity contribution in [2.75, 3.05) is 12.3 Å². The molecule has 17 nitrogen and oxygen atoms in total. The van der Waals surface area contributed by atoms with Gasteiger partial charge in [0, 0.05) is 7.60 Å². The predicted octanol–water partition coefficient (Wildman–Crippen LogP) is -3.45. The Labute approximate surface area is 181 Å².